The normalized spacial score (nSPS) is 10.9. The van der Waals surface area contributed by atoms with Crippen molar-refractivity contribution in [3.63, 3.8) is 0 Å². The van der Waals surface area contributed by atoms with Crippen LogP contribution in [0.1, 0.15) is 11.1 Å². The Kier molecular flexibility index (Phi) is 2.22. The second kappa shape index (κ2) is 3.74. The quantitative estimate of drug-likeness (QED) is 0.665. The van der Waals surface area contributed by atoms with Crippen molar-refractivity contribution in [1.29, 1.82) is 0 Å². The van der Waals surface area contributed by atoms with Crippen molar-refractivity contribution in [2.75, 3.05) is 0 Å². The summed E-state index contributed by atoms with van der Waals surface area (Å²) in [6.45, 7) is 4.23. The molecule has 0 atom stereocenters. The number of hydrogen-bond acceptors (Lipinski definition) is 1. The van der Waals surface area contributed by atoms with Gasteiger partial charge in [-0.05, 0) is 31.5 Å². The Hall–Kier alpha value is -2.09. The van der Waals surface area contributed by atoms with Gasteiger partial charge in [-0.1, -0.05) is 35.9 Å². The third-order valence-electron chi connectivity index (χ3n) is 3.12. The molecule has 0 aliphatic carbocycles. The number of hydrogen-bond donors (Lipinski definition) is 1. The number of aryl methyl sites for hydroxylation is 2. The van der Waals surface area contributed by atoms with Crippen LogP contribution in [0.5, 0.6) is 0 Å². The average Bonchev–Trinajstić information content (AvgIpc) is 2.76. The Balaban J connectivity index is 2.31. The lowest BCUT2D eigenvalue weighted by molar-refractivity contribution is 1.12. The van der Waals surface area contributed by atoms with Crippen LogP contribution in [-0.4, -0.2) is 10.2 Å². The number of nitrogens with zero attached hydrogens (tertiary/aromatic N) is 1. The number of para-hydroxylation sites is 1. The summed E-state index contributed by atoms with van der Waals surface area (Å²) in [6, 6.07) is 14.7. The van der Waals surface area contributed by atoms with E-state index in [2.05, 4.69) is 54.4 Å². The molecule has 0 saturated carbocycles. The lowest BCUT2D eigenvalue weighted by Crippen LogP contribution is -1.85. The van der Waals surface area contributed by atoms with Crippen LogP contribution in [0, 0.1) is 13.8 Å². The van der Waals surface area contributed by atoms with E-state index < -0.39 is 0 Å². The molecule has 0 saturated heterocycles. The molecule has 0 spiro atoms. The highest BCUT2D eigenvalue weighted by Gasteiger charge is 2.09. The summed E-state index contributed by atoms with van der Waals surface area (Å²) in [5.74, 6) is 0. The van der Waals surface area contributed by atoms with Crippen LogP contribution in [-0.2, 0) is 0 Å². The maximum atomic E-state index is 4.44. The molecule has 0 fully saturated rings. The zero-order valence-electron chi connectivity index (χ0n) is 9.99. The summed E-state index contributed by atoms with van der Waals surface area (Å²) in [5, 5.41) is 8.71. The molecule has 0 bridgehead atoms. The molecule has 3 aromatic rings. The second-order valence-electron chi connectivity index (χ2n) is 4.44. The summed E-state index contributed by atoms with van der Waals surface area (Å²) in [7, 11) is 0. The van der Waals surface area contributed by atoms with Gasteiger partial charge in [0.2, 0.25) is 0 Å². The molecule has 1 N–H and O–H groups in total. The summed E-state index contributed by atoms with van der Waals surface area (Å²) in [5.41, 5.74) is 5.86. The topological polar surface area (TPSA) is 28.7 Å². The van der Waals surface area contributed by atoms with Gasteiger partial charge >= 0.3 is 0 Å². The van der Waals surface area contributed by atoms with Crippen molar-refractivity contribution in [3.8, 4) is 11.3 Å². The highest BCUT2D eigenvalue weighted by atomic mass is 15.1. The molecular formula is C15H14N2. The molecule has 0 amide bonds. The van der Waals surface area contributed by atoms with E-state index in [1.165, 1.54) is 22.1 Å². The largest absolute Gasteiger partial charge is 0.277 e. The van der Waals surface area contributed by atoms with Gasteiger partial charge in [0.15, 0.2) is 0 Å². The van der Waals surface area contributed by atoms with Gasteiger partial charge in [-0.25, -0.2) is 0 Å². The number of aromatic amines is 1. The number of rotatable bonds is 1. The summed E-state index contributed by atoms with van der Waals surface area (Å²) in [4.78, 5) is 0. The average molecular weight is 222 g/mol. The first-order valence-electron chi connectivity index (χ1n) is 5.76. The molecule has 0 aliphatic rings. The molecule has 84 valence electrons. The Morgan fingerprint density at radius 3 is 2.71 bits per heavy atom. The van der Waals surface area contributed by atoms with Crippen LogP contribution in [0.15, 0.2) is 42.5 Å². The fourth-order valence-corrected chi connectivity index (χ4v) is 2.16. The van der Waals surface area contributed by atoms with E-state index in [0.717, 1.165) is 11.2 Å². The standard InChI is InChI=1S/C15H14N2/c1-10-7-8-11(2)13(9-10)15-12-5-3-4-6-14(12)16-17-15/h3-9H,1-2H3,(H,16,17). The van der Waals surface area contributed by atoms with E-state index >= 15 is 0 Å². The predicted molar refractivity (Wildman–Crippen MR) is 71.0 cm³/mol. The van der Waals surface area contributed by atoms with Gasteiger partial charge < -0.3 is 0 Å². The number of H-pyrrole nitrogens is 1. The molecule has 17 heavy (non-hydrogen) atoms. The first-order chi connectivity index (χ1) is 8.25. The minimum absolute atomic E-state index is 1.04. The van der Waals surface area contributed by atoms with Crippen LogP contribution in [0.3, 0.4) is 0 Å². The molecule has 1 aromatic heterocycles. The number of nitrogens with one attached hydrogen (secondary N) is 1. The van der Waals surface area contributed by atoms with E-state index in [0.29, 0.717) is 0 Å². The third-order valence-corrected chi connectivity index (χ3v) is 3.12. The maximum Gasteiger partial charge on any atom is 0.100 e. The smallest absolute Gasteiger partial charge is 0.100 e. The summed E-state index contributed by atoms with van der Waals surface area (Å²) < 4.78 is 0. The molecule has 0 unspecified atom stereocenters. The monoisotopic (exact) mass is 222 g/mol. The van der Waals surface area contributed by atoms with Crippen LogP contribution in [0.4, 0.5) is 0 Å². The molecule has 2 aromatic carbocycles. The van der Waals surface area contributed by atoms with Gasteiger partial charge in [-0.2, -0.15) is 5.10 Å². The van der Waals surface area contributed by atoms with E-state index in [1.54, 1.807) is 0 Å². The Morgan fingerprint density at radius 1 is 1.00 bits per heavy atom. The SMILES string of the molecule is Cc1ccc(C)c(-c2n[nH]c3ccccc23)c1. The van der Waals surface area contributed by atoms with Crippen LogP contribution in [0.2, 0.25) is 0 Å². The van der Waals surface area contributed by atoms with Crippen LogP contribution >= 0.6 is 0 Å². The van der Waals surface area contributed by atoms with E-state index in [4.69, 9.17) is 0 Å². The van der Waals surface area contributed by atoms with Crippen LogP contribution < -0.4 is 0 Å². The lowest BCUT2D eigenvalue weighted by atomic mass is 10.0. The van der Waals surface area contributed by atoms with Crippen molar-refractivity contribution in [2.45, 2.75) is 13.8 Å². The van der Waals surface area contributed by atoms with Gasteiger partial charge in [0.05, 0.1) is 5.52 Å². The van der Waals surface area contributed by atoms with E-state index in [-0.39, 0.29) is 0 Å². The minimum Gasteiger partial charge on any atom is -0.277 e. The van der Waals surface area contributed by atoms with Crippen molar-refractivity contribution >= 4 is 10.9 Å². The fourth-order valence-electron chi connectivity index (χ4n) is 2.16. The molecule has 3 rings (SSSR count). The van der Waals surface area contributed by atoms with Crippen molar-refractivity contribution in [1.82, 2.24) is 10.2 Å². The summed E-state index contributed by atoms with van der Waals surface area (Å²) in [6.07, 6.45) is 0. The fraction of sp³-hybridized carbons (Fsp3) is 0.133. The highest BCUT2D eigenvalue weighted by molar-refractivity contribution is 5.93. The van der Waals surface area contributed by atoms with Crippen LogP contribution in [0.25, 0.3) is 22.2 Å². The first kappa shape index (κ1) is 10.1. The zero-order valence-corrected chi connectivity index (χ0v) is 9.99. The van der Waals surface area contributed by atoms with Crippen molar-refractivity contribution < 1.29 is 0 Å². The van der Waals surface area contributed by atoms with E-state index in [1.807, 2.05) is 12.1 Å². The number of benzene rings is 2. The Labute approximate surface area is 100 Å². The summed E-state index contributed by atoms with van der Waals surface area (Å²) >= 11 is 0. The van der Waals surface area contributed by atoms with Gasteiger partial charge in [0.25, 0.3) is 0 Å². The number of aromatic nitrogens is 2. The van der Waals surface area contributed by atoms with Gasteiger partial charge in [-0.3, -0.25) is 5.10 Å². The molecular weight excluding hydrogens is 208 g/mol. The molecule has 0 radical (unpaired) electrons. The molecule has 2 nitrogen and oxygen atoms in total. The van der Waals surface area contributed by atoms with E-state index in [9.17, 15) is 0 Å². The van der Waals surface area contributed by atoms with Gasteiger partial charge in [-0.15, -0.1) is 0 Å². The second-order valence-corrected chi connectivity index (χ2v) is 4.44. The predicted octanol–water partition coefficient (Wildman–Crippen LogP) is 3.85. The molecule has 1 heterocycles. The third kappa shape index (κ3) is 1.62. The van der Waals surface area contributed by atoms with Gasteiger partial charge in [0, 0.05) is 10.9 Å². The molecule has 2 heteroatoms. The first-order valence-corrected chi connectivity index (χ1v) is 5.76. The number of fused-ring (bicyclic) bond motifs is 1. The Morgan fingerprint density at radius 2 is 1.82 bits per heavy atom. The van der Waals surface area contributed by atoms with Crippen molar-refractivity contribution in [2.24, 2.45) is 0 Å². The Bertz CT molecular complexity index is 680. The van der Waals surface area contributed by atoms with Crippen molar-refractivity contribution in [3.05, 3.63) is 53.6 Å². The maximum absolute atomic E-state index is 4.44. The zero-order chi connectivity index (χ0) is 11.8. The minimum atomic E-state index is 1.04. The molecule has 0 aliphatic heterocycles. The lowest BCUT2D eigenvalue weighted by Gasteiger charge is -2.04. The van der Waals surface area contributed by atoms with Gasteiger partial charge in [0.1, 0.15) is 5.69 Å². The highest BCUT2D eigenvalue weighted by Crippen LogP contribution is 2.29.